The van der Waals surface area contributed by atoms with Crippen molar-refractivity contribution in [2.24, 2.45) is 0 Å². The Morgan fingerprint density at radius 1 is 1.50 bits per heavy atom. The van der Waals surface area contributed by atoms with Crippen molar-refractivity contribution in [2.45, 2.75) is 29.4 Å². The summed E-state index contributed by atoms with van der Waals surface area (Å²) in [6.07, 6.45) is 1.12. The molecule has 1 heterocycles. The molecule has 16 heavy (non-hydrogen) atoms. The van der Waals surface area contributed by atoms with Gasteiger partial charge in [0.1, 0.15) is 0 Å². The van der Waals surface area contributed by atoms with Crippen molar-refractivity contribution in [3.05, 3.63) is 29.8 Å². The Kier molecular flexibility index (Phi) is 4.93. The van der Waals surface area contributed by atoms with Gasteiger partial charge in [-0.25, -0.2) is 0 Å². The van der Waals surface area contributed by atoms with Crippen LogP contribution in [0.1, 0.15) is 24.8 Å². The molecule has 0 amide bonds. The summed E-state index contributed by atoms with van der Waals surface area (Å²) >= 11 is 9.82. The molecular weight excluding hydrogens is 256 g/mol. The summed E-state index contributed by atoms with van der Waals surface area (Å²) in [4.78, 5) is 1.48. The number of thioether (sulfide) groups is 2. The van der Waals surface area contributed by atoms with Gasteiger partial charge in [-0.15, -0.1) is 23.4 Å². The van der Waals surface area contributed by atoms with E-state index in [1.807, 2.05) is 11.8 Å². The van der Waals surface area contributed by atoms with Crippen LogP contribution >= 0.6 is 35.1 Å². The molecular formula is C13H17ClS2. The van der Waals surface area contributed by atoms with Crippen LogP contribution in [0.15, 0.2) is 29.2 Å². The van der Waals surface area contributed by atoms with Gasteiger partial charge in [0.05, 0.1) is 0 Å². The van der Waals surface area contributed by atoms with Gasteiger partial charge in [0, 0.05) is 33.4 Å². The lowest BCUT2D eigenvalue weighted by atomic mass is 10.0. The van der Waals surface area contributed by atoms with Crippen LogP contribution in [0.5, 0.6) is 0 Å². The predicted molar refractivity (Wildman–Crippen MR) is 77.2 cm³/mol. The third-order valence-electron chi connectivity index (χ3n) is 2.90. The van der Waals surface area contributed by atoms with Crippen molar-refractivity contribution in [1.29, 1.82) is 0 Å². The van der Waals surface area contributed by atoms with Crippen molar-refractivity contribution in [1.82, 2.24) is 0 Å². The van der Waals surface area contributed by atoms with E-state index in [1.54, 1.807) is 5.56 Å². The fraction of sp³-hybridized carbons (Fsp3) is 0.538. The van der Waals surface area contributed by atoms with E-state index < -0.39 is 0 Å². The second-order valence-corrected chi connectivity index (χ2v) is 7.08. The zero-order valence-electron chi connectivity index (χ0n) is 9.49. The second kappa shape index (κ2) is 6.23. The highest BCUT2D eigenvalue weighted by molar-refractivity contribution is 8.00. The Bertz CT molecular complexity index is 340. The molecule has 1 aliphatic rings. The van der Waals surface area contributed by atoms with Crippen LogP contribution in [0.3, 0.4) is 0 Å². The van der Waals surface area contributed by atoms with Gasteiger partial charge in [-0.1, -0.05) is 25.1 Å². The number of hydrogen-bond acceptors (Lipinski definition) is 2. The number of rotatable bonds is 5. The number of benzene rings is 1. The van der Waals surface area contributed by atoms with Crippen LogP contribution in [0, 0.1) is 0 Å². The Morgan fingerprint density at radius 3 is 3.12 bits per heavy atom. The summed E-state index contributed by atoms with van der Waals surface area (Å²) in [7, 11) is 0. The van der Waals surface area contributed by atoms with Crippen LogP contribution in [0.2, 0.25) is 0 Å². The standard InChI is InChI=1S/C13H17ClS2/c1-10(6-7-14)15-8-11-9-16-13-5-3-2-4-12(11)13/h2-5,10-11H,6-9H2,1H3. The van der Waals surface area contributed by atoms with E-state index in [9.17, 15) is 0 Å². The van der Waals surface area contributed by atoms with Crippen LogP contribution in [0.4, 0.5) is 0 Å². The average Bonchev–Trinajstić information content (AvgIpc) is 2.70. The monoisotopic (exact) mass is 272 g/mol. The molecule has 2 atom stereocenters. The lowest BCUT2D eigenvalue weighted by molar-refractivity contribution is 0.871. The molecule has 1 aromatic rings. The maximum atomic E-state index is 5.76. The molecule has 2 rings (SSSR count). The highest BCUT2D eigenvalue weighted by atomic mass is 35.5. The molecule has 2 unspecified atom stereocenters. The number of fused-ring (bicyclic) bond motifs is 1. The molecule has 0 spiro atoms. The normalized spacial score (nSPS) is 20.8. The zero-order chi connectivity index (χ0) is 11.4. The topological polar surface area (TPSA) is 0 Å². The maximum absolute atomic E-state index is 5.76. The number of hydrogen-bond donors (Lipinski definition) is 0. The fourth-order valence-corrected chi connectivity index (χ4v) is 4.89. The predicted octanol–water partition coefficient (Wildman–Crippen LogP) is 4.63. The lowest BCUT2D eigenvalue weighted by Crippen LogP contribution is -2.05. The Morgan fingerprint density at radius 2 is 2.31 bits per heavy atom. The summed E-state index contributed by atoms with van der Waals surface area (Å²) in [6.45, 7) is 2.28. The van der Waals surface area contributed by atoms with E-state index in [2.05, 4.69) is 43.0 Å². The third kappa shape index (κ3) is 3.12. The Balaban J connectivity index is 1.88. The second-order valence-electron chi connectivity index (χ2n) is 4.17. The van der Waals surface area contributed by atoms with Gasteiger partial charge < -0.3 is 0 Å². The molecule has 88 valence electrons. The van der Waals surface area contributed by atoms with Crippen molar-refractivity contribution in [2.75, 3.05) is 17.4 Å². The van der Waals surface area contributed by atoms with E-state index in [0.29, 0.717) is 5.25 Å². The molecule has 0 saturated heterocycles. The van der Waals surface area contributed by atoms with Gasteiger partial charge in [-0.05, 0) is 18.1 Å². The largest absolute Gasteiger partial charge is 0.158 e. The van der Waals surface area contributed by atoms with E-state index in [4.69, 9.17) is 11.6 Å². The van der Waals surface area contributed by atoms with Gasteiger partial charge in [0.25, 0.3) is 0 Å². The van der Waals surface area contributed by atoms with Crippen LogP contribution < -0.4 is 0 Å². The quantitative estimate of drug-likeness (QED) is 0.717. The molecule has 0 bridgehead atoms. The maximum Gasteiger partial charge on any atom is 0.0233 e. The molecule has 0 aliphatic carbocycles. The first-order valence-electron chi connectivity index (χ1n) is 5.70. The van der Waals surface area contributed by atoms with Crippen LogP contribution in [0.25, 0.3) is 0 Å². The molecule has 0 nitrogen and oxygen atoms in total. The lowest BCUT2D eigenvalue weighted by Gasteiger charge is -2.14. The van der Waals surface area contributed by atoms with E-state index in [0.717, 1.165) is 18.2 Å². The molecule has 1 aliphatic heterocycles. The number of halogens is 1. The molecule has 0 N–H and O–H groups in total. The highest BCUT2D eigenvalue weighted by Gasteiger charge is 2.22. The molecule has 0 aromatic heterocycles. The molecule has 0 radical (unpaired) electrons. The summed E-state index contributed by atoms with van der Waals surface area (Å²) in [5, 5.41) is 0.690. The van der Waals surface area contributed by atoms with E-state index in [-0.39, 0.29) is 0 Å². The van der Waals surface area contributed by atoms with Gasteiger partial charge in [-0.2, -0.15) is 11.8 Å². The highest BCUT2D eigenvalue weighted by Crippen LogP contribution is 2.41. The van der Waals surface area contributed by atoms with Crippen molar-refractivity contribution in [3.63, 3.8) is 0 Å². The van der Waals surface area contributed by atoms with Gasteiger partial charge >= 0.3 is 0 Å². The molecule has 3 heteroatoms. The number of alkyl halides is 1. The first-order chi connectivity index (χ1) is 7.81. The summed E-state index contributed by atoms with van der Waals surface area (Å²) in [6, 6.07) is 8.82. The van der Waals surface area contributed by atoms with Crippen LogP contribution in [-0.4, -0.2) is 22.6 Å². The SMILES string of the molecule is CC(CCCl)SCC1CSc2ccccc21. The van der Waals surface area contributed by atoms with Crippen LogP contribution in [-0.2, 0) is 0 Å². The smallest absolute Gasteiger partial charge is 0.0233 e. The first-order valence-corrected chi connectivity index (χ1v) is 8.27. The molecule has 0 saturated carbocycles. The first kappa shape index (κ1) is 12.7. The fourth-order valence-electron chi connectivity index (χ4n) is 1.88. The Hall–Kier alpha value is 0.210. The zero-order valence-corrected chi connectivity index (χ0v) is 11.9. The minimum Gasteiger partial charge on any atom is -0.158 e. The summed E-state index contributed by atoms with van der Waals surface area (Å²) in [5.41, 5.74) is 1.55. The summed E-state index contributed by atoms with van der Waals surface area (Å²) < 4.78 is 0. The van der Waals surface area contributed by atoms with E-state index in [1.165, 1.54) is 16.4 Å². The molecule has 0 fully saturated rings. The summed E-state index contributed by atoms with van der Waals surface area (Å²) in [5.74, 6) is 4.01. The third-order valence-corrected chi connectivity index (χ3v) is 5.77. The van der Waals surface area contributed by atoms with Crippen molar-refractivity contribution >= 4 is 35.1 Å². The van der Waals surface area contributed by atoms with Gasteiger partial charge in [-0.3, -0.25) is 0 Å². The average molecular weight is 273 g/mol. The van der Waals surface area contributed by atoms with Crippen molar-refractivity contribution < 1.29 is 0 Å². The Labute approximate surface area is 112 Å². The van der Waals surface area contributed by atoms with Gasteiger partial charge in [0.15, 0.2) is 0 Å². The van der Waals surface area contributed by atoms with Crippen molar-refractivity contribution in [3.8, 4) is 0 Å². The minimum absolute atomic E-state index is 0.690. The minimum atomic E-state index is 0.690. The van der Waals surface area contributed by atoms with Gasteiger partial charge in [0.2, 0.25) is 0 Å². The molecule has 1 aromatic carbocycles. The van der Waals surface area contributed by atoms with E-state index >= 15 is 0 Å².